The maximum absolute atomic E-state index is 12.2. The van der Waals surface area contributed by atoms with Crippen LogP contribution in [0.3, 0.4) is 0 Å². The van der Waals surface area contributed by atoms with Crippen LogP contribution < -0.4 is 4.74 Å². The molecule has 4 heterocycles. The minimum Gasteiger partial charge on any atom is -0.492 e. The Labute approximate surface area is 172 Å². The maximum Gasteiger partial charge on any atom is 0.345 e. The van der Waals surface area contributed by atoms with Crippen molar-refractivity contribution in [1.82, 2.24) is 20.0 Å². The molecule has 7 nitrogen and oxygen atoms in total. The molecular formula is C21H22F2N4O3. The summed E-state index contributed by atoms with van der Waals surface area (Å²) in [6, 6.07) is 6.25. The fraction of sp³-hybridized carbons (Fsp3) is 0.429. The van der Waals surface area contributed by atoms with Gasteiger partial charge in [-0.1, -0.05) is 0 Å². The van der Waals surface area contributed by atoms with Gasteiger partial charge in [0.2, 0.25) is 5.88 Å². The van der Waals surface area contributed by atoms with Crippen molar-refractivity contribution in [3.63, 3.8) is 0 Å². The van der Waals surface area contributed by atoms with E-state index in [1.54, 1.807) is 18.6 Å². The van der Waals surface area contributed by atoms with Crippen LogP contribution in [0.25, 0.3) is 11.3 Å². The number of ether oxygens (including phenoxy) is 3. The maximum atomic E-state index is 12.2. The molecule has 0 amide bonds. The normalized spacial score (nSPS) is 23.0. The third kappa shape index (κ3) is 3.82. The van der Waals surface area contributed by atoms with Gasteiger partial charge in [0.1, 0.15) is 18.5 Å². The lowest BCUT2D eigenvalue weighted by atomic mass is 9.99. The Bertz CT molecular complexity index is 928. The van der Waals surface area contributed by atoms with E-state index < -0.39 is 6.61 Å². The zero-order chi connectivity index (χ0) is 20.5. The summed E-state index contributed by atoms with van der Waals surface area (Å²) in [6.07, 6.45) is 8.22. The molecule has 3 aliphatic rings. The van der Waals surface area contributed by atoms with Crippen LogP contribution in [0.1, 0.15) is 12.0 Å². The second-order valence-corrected chi connectivity index (χ2v) is 7.49. The van der Waals surface area contributed by atoms with Crippen LogP contribution in [0.4, 0.5) is 8.78 Å². The Morgan fingerprint density at radius 1 is 1.27 bits per heavy atom. The van der Waals surface area contributed by atoms with Crippen LogP contribution in [0.5, 0.6) is 5.75 Å². The number of rotatable bonds is 6. The first-order chi connectivity index (χ1) is 14.7. The van der Waals surface area contributed by atoms with Gasteiger partial charge in [-0.05, 0) is 36.3 Å². The lowest BCUT2D eigenvalue weighted by Gasteiger charge is -2.37. The fourth-order valence-electron chi connectivity index (χ4n) is 4.17. The average molecular weight is 416 g/mol. The van der Waals surface area contributed by atoms with Gasteiger partial charge in [-0.2, -0.15) is 8.78 Å². The van der Waals surface area contributed by atoms with Gasteiger partial charge in [0, 0.05) is 30.9 Å². The average Bonchev–Trinajstić information content (AvgIpc) is 3.34. The predicted molar refractivity (Wildman–Crippen MR) is 103 cm³/mol. The largest absolute Gasteiger partial charge is 0.492 e. The lowest BCUT2D eigenvalue weighted by Crippen LogP contribution is -2.49. The Morgan fingerprint density at radius 3 is 3.03 bits per heavy atom. The second-order valence-electron chi connectivity index (χ2n) is 7.49. The molecule has 0 bridgehead atoms. The van der Waals surface area contributed by atoms with Crippen molar-refractivity contribution in [3.05, 3.63) is 54.3 Å². The molecule has 1 aromatic carbocycles. The van der Waals surface area contributed by atoms with Crippen molar-refractivity contribution in [2.45, 2.75) is 31.6 Å². The third-order valence-electron chi connectivity index (χ3n) is 5.59. The third-order valence-corrected chi connectivity index (χ3v) is 5.59. The topological polar surface area (TPSA) is 60.0 Å². The van der Waals surface area contributed by atoms with Crippen LogP contribution in [0.2, 0.25) is 0 Å². The van der Waals surface area contributed by atoms with Crippen molar-refractivity contribution in [1.29, 1.82) is 0 Å². The number of aromatic nitrogens is 2. The van der Waals surface area contributed by atoms with Gasteiger partial charge < -0.3 is 14.2 Å². The monoisotopic (exact) mass is 416 g/mol. The van der Waals surface area contributed by atoms with Crippen molar-refractivity contribution in [2.75, 3.05) is 26.3 Å². The van der Waals surface area contributed by atoms with E-state index in [-0.39, 0.29) is 18.8 Å². The van der Waals surface area contributed by atoms with Gasteiger partial charge in [-0.25, -0.2) is 5.01 Å². The first-order valence-corrected chi connectivity index (χ1v) is 10.00. The summed E-state index contributed by atoms with van der Waals surface area (Å²) in [7, 11) is 0. The number of hydrazine groups is 1. The highest BCUT2D eigenvalue weighted by Gasteiger charge is 2.40. The molecule has 0 aliphatic carbocycles. The highest BCUT2D eigenvalue weighted by atomic mass is 19.3. The molecule has 0 saturated carbocycles. The molecule has 0 spiro atoms. The van der Waals surface area contributed by atoms with E-state index in [0.29, 0.717) is 19.6 Å². The number of fused-ring (bicyclic) bond motifs is 2. The first-order valence-electron chi connectivity index (χ1n) is 10.00. The highest BCUT2D eigenvalue weighted by Crippen LogP contribution is 2.35. The number of hydrogen-bond acceptors (Lipinski definition) is 7. The minimum absolute atomic E-state index is 0.0193. The van der Waals surface area contributed by atoms with Crippen LogP contribution >= 0.6 is 0 Å². The van der Waals surface area contributed by atoms with E-state index in [0.717, 1.165) is 41.4 Å². The van der Waals surface area contributed by atoms with Crippen molar-refractivity contribution in [3.8, 4) is 17.0 Å². The number of benzene rings is 1. The van der Waals surface area contributed by atoms with Crippen LogP contribution in [0, 0.1) is 0 Å². The molecular weight excluding hydrogens is 394 g/mol. The summed E-state index contributed by atoms with van der Waals surface area (Å²) in [6.45, 7) is -0.819. The summed E-state index contributed by atoms with van der Waals surface area (Å²) in [4.78, 5) is 8.52. The fourth-order valence-corrected chi connectivity index (χ4v) is 4.17. The smallest absolute Gasteiger partial charge is 0.345 e. The van der Waals surface area contributed by atoms with Crippen LogP contribution in [-0.2, 0) is 15.9 Å². The zero-order valence-corrected chi connectivity index (χ0v) is 16.3. The van der Waals surface area contributed by atoms with Gasteiger partial charge in [0.25, 0.3) is 0 Å². The molecule has 0 radical (unpaired) electrons. The minimum atomic E-state index is -2.74. The molecule has 5 rings (SSSR count). The molecule has 158 valence electrons. The Morgan fingerprint density at radius 2 is 2.20 bits per heavy atom. The Hall–Kier alpha value is -2.78. The number of nitrogens with zero attached hydrogens (tertiary/aromatic N) is 4. The van der Waals surface area contributed by atoms with Gasteiger partial charge in [0.15, 0.2) is 0 Å². The van der Waals surface area contributed by atoms with Crippen molar-refractivity contribution in [2.24, 2.45) is 0 Å². The summed E-state index contributed by atoms with van der Waals surface area (Å²) < 4.78 is 40.7. The first kappa shape index (κ1) is 19.2. The number of alkyl halides is 2. The van der Waals surface area contributed by atoms with Gasteiger partial charge in [-0.15, -0.1) is 0 Å². The summed E-state index contributed by atoms with van der Waals surface area (Å²) in [5.41, 5.74) is 2.97. The molecule has 1 fully saturated rings. The van der Waals surface area contributed by atoms with Crippen molar-refractivity contribution >= 4 is 0 Å². The molecule has 9 heteroatoms. The Balaban J connectivity index is 1.25. The van der Waals surface area contributed by atoms with E-state index in [4.69, 9.17) is 9.47 Å². The van der Waals surface area contributed by atoms with Gasteiger partial charge >= 0.3 is 6.61 Å². The summed E-state index contributed by atoms with van der Waals surface area (Å²) >= 11 is 0. The molecule has 2 atom stereocenters. The van der Waals surface area contributed by atoms with Crippen LogP contribution in [-0.4, -0.2) is 65.0 Å². The SMILES string of the molecule is FC(F)OCCC1CN2C(=CCN2[C@H]2COc3ccc(-c4cnccn4)cc3C2)O1. The molecule has 1 aromatic heterocycles. The highest BCUT2D eigenvalue weighted by molar-refractivity contribution is 5.61. The van der Waals surface area contributed by atoms with Gasteiger partial charge in [0.05, 0.1) is 31.1 Å². The summed E-state index contributed by atoms with van der Waals surface area (Å²) in [5.74, 6) is 1.68. The van der Waals surface area contributed by atoms with Crippen LogP contribution in [0.15, 0.2) is 48.7 Å². The van der Waals surface area contributed by atoms with E-state index in [1.807, 2.05) is 18.2 Å². The van der Waals surface area contributed by atoms with Crippen molar-refractivity contribution < 1.29 is 23.0 Å². The lowest BCUT2D eigenvalue weighted by molar-refractivity contribution is -0.132. The zero-order valence-electron chi connectivity index (χ0n) is 16.3. The van der Waals surface area contributed by atoms with E-state index in [1.165, 1.54) is 0 Å². The molecule has 2 aromatic rings. The Kier molecular flexibility index (Phi) is 5.22. The molecule has 1 unspecified atom stereocenters. The molecule has 30 heavy (non-hydrogen) atoms. The van der Waals surface area contributed by atoms with E-state index in [9.17, 15) is 8.78 Å². The molecule has 1 saturated heterocycles. The van der Waals surface area contributed by atoms with Gasteiger partial charge in [-0.3, -0.25) is 15.0 Å². The molecule has 0 N–H and O–H groups in total. The summed E-state index contributed by atoms with van der Waals surface area (Å²) in [5, 5.41) is 4.33. The molecule has 3 aliphatic heterocycles. The number of hydrogen-bond donors (Lipinski definition) is 0. The van der Waals surface area contributed by atoms with E-state index in [2.05, 4.69) is 30.8 Å². The predicted octanol–water partition coefficient (Wildman–Crippen LogP) is 2.85. The standard InChI is InChI=1S/C21H22F2N4O3/c22-21(23)28-8-4-17-12-27-20(30-17)3-7-26(27)16-10-15-9-14(1-2-19(15)29-13-16)18-11-24-5-6-25-18/h1-3,5-6,9,11,16-17,21H,4,7-8,10,12-13H2/t16-,17?/m1/s1. The quantitative estimate of drug-likeness (QED) is 0.718. The van der Waals surface area contributed by atoms with E-state index >= 15 is 0 Å². The second kappa shape index (κ2) is 8.16. The number of halogens is 2.